The molecule has 0 spiro atoms. The van der Waals surface area contributed by atoms with Gasteiger partial charge in [-0.1, -0.05) is 78.9 Å². The first-order valence-corrected chi connectivity index (χ1v) is 15.5. The third-order valence-electron chi connectivity index (χ3n) is 7.55. The van der Waals surface area contributed by atoms with Crippen LogP contribution >= 0.6 is 11.8 Å². The number of Topliss-reactive ketones (excluding diaryl/α,β-unsaturated/α-hetero) is 1. The molecule has 5 aromatic carbocycles. The number of ketones is 1. The van der Waals surface area contributed by atoms with Gasteiger partial charge >= 0.3 is 0 Å². The summed E-state index contributed by atoms with van der Waals surface area (Å²) in [5.41, 5.74) is 7.23. The summed E-state index contributed by atoms with van der Waals surface area (Å²) in [4.78, 5) is 40.5. The fourth-order valence-corrected chi connectivity index (χ4v) is 6.15. The van der Waals surface area contributed by atoms with Crippen LogP contribution in [0.5, 0.6) is 5.75 Å². The highest BCUT2D eigenvalue weighted by atomic mass is 32.2. The molecule has 2 N–H and O–H groups in total. The molecule has 5 aromatic rings. The Morgan fingerprint density at radius 1 is 0.756 bits per heavy atom. The number of hydrogen-bond acceptors (Lipinski definition) is 5. The lowest BCUT2D eigenvalue weighted by Gasteiger charge is -2.13. The zero-order valence-corrected chi connectivity index (χ0v) is 25.4. The molecular weight excluding hydrogens is 580 g/mol. The Kier molecular flexibility index (Phi) is 8.89. The number of amides is 2. The van der Waals surface area contributed by atoms with E-state index < -0.39 is 11.8 Å². The maximum atomic E-state index is 13.5. The highest BCUT2D eigenvalue weighted by Crippen LogP contribution is 2.37. The summed E-state index contributed by atoms with van der Waals surface area (Å²) in [6.45, 7) is 0. The number of nitrogens with one attached hydrogen (secondary N) is 2. The van der Waals surface area contributed by atoms with E-state index in [1.807, 2.05) is 66.7 Å². The number of ether oxygens (including phenoxy) is 1. The number of fused-ring (bicyclic) bond motifs is 3. The second-order valence-corrected chi connectivity index (χ2v) is 11.6. The minimum Gasteiger partial charge on any atom is -0.496 e. The Labute approximate surface area is 266 Å². The maximum Gasteiger partial charge on any atom is 0.272 e. The number of rotatable bonds is 10. The fraction of sp³-hybridized carbons (Fsp3) is 0.0789. The highest BCUT2D eigenvalue weighted by Gasteiger charge is 2.20. The monoisotopic (exact) mass is 610 g/mol. The predicted molar refractivity (Wildman–Crippen MR) is 180 cm³/mol. The molecule has 0 aromatic heterocycles. The summed E-state index contributed by atoms with van der Waals surface area (Å²) in [5.74, 6) is -0.0471. The van der Waals surface area contributed by atoms with Gasteiger partial charge in [0.25, 0.3) is 11.8 Å². The van der Waals surface area contributed by atoms with Crippen molar-refractivity contribution in [2.45, 2.75) is 11.3 Å². The van der Waals surface area contributed by atoms with Crippen LogP contribution in [0, 0.1) is 0 Å². The van der Waals surface area contributed by atoms with Gasteiger partial charge in [0.15, 0.2) is 5.78 Å². The van der Waals surface area contributed by atoms with Crippen LogP contribution in [-0.2, 0) is 11.2 Å². The first kappa shape index (κ1) is 29.7. The maximum absolute atomic E-state index is 13.5. The number of thioether (sulfide) groups is 1. The van der Waals surface area contributed by atoms with Gasteiger partial charge in [-0.25, -0.2) is 0 Å². The molecule has 222 valence electrons. The van der Waals surface area contributed by atoms with Crippen molar-refractivity contribution in [3.63, 3.8) is 0 Å². The largest absolute Gasteiger partial charge is 0.496 e. The predicted octanol–water partition coefficient (Wildman–Crippen LogP) is 7.65. The molecule has 1 aliphatic rings. The van der Waals surface area contributed by atoms with E-state index in [2.05, 4.69) is 22.8 Å². The minimum atomic E-state index is -0.498. The van der Waals surface area contributed by atoms with Crippen molar-refractivity contribution in [2.75, 3.05) is 18.2 Å². The second-order valence-electron chi connectivity index (χ2n) is 10.5. The summed E-state index contributed by atoms with van der Waals surface area (Å²) in [5, 5.41) is 5.65. The lowest BCUT2D eigenvalue weighted by Crippen LogP contribution is -2.30. The Balaban J connectivity index is 1.15. The third kappa shape index (κ3) is 6.89. The molecular formula is C38H30N2O4S. The van der Waals surface area contributed by atoms with Crippen LogP contribution in [-0.4, -0.2) is 30.5 Å². The molecule has 45 heavy (non-hydrogen) atoms. The molecule has 0 heterocycles. The minimum absolute atomic E-state index is 0.0406. The topological polar surface area (TPSA) is 84.5 Å². The molecule has 0 atom stereocenters. The number of anilines is 1. The van der Waals surface area contributed by atoms with Crippen molar-refractivity contribution in [1.82, 2.24) is 5.32 Å². The van der Waals surface area contributed by atoms with Crippen molar-refractivity contribution in [2.24, 2.45) is 0 Å². The third-order valence-corrected chi connectivity index (χ3v) is 8.54. The number of carbonyl (C=O) groups excluding carboxylic acids is 3. The number of methoxy groups -OCH3 is 1. The van der Waals surface area contributed by atoms with E-state index in [0.29, 0.717) is 28.1 Å². The number of carbonyl (C=O) groups is 3. The molecule has 0 saturated carbocycles. The summed E-state index contributed by atoms with van der Waals surface area (Å²) in [6.07, 6.45) is 2.42. The van der Waals surface area contributed by atoms with Crippen molar-refractivity contribution in [3.05, 3.63) is 155 Å². The Bertz CT molecular complexity index is 1930. The quantitative estimate of drug-likeness (QED) is 0.0946. The van der Waals surface area contributed by atoms with E-state index in [4.69, 9.17) is 4.74 Å². The van der Waals surface area contributed by atoms with E-state index in [1.54, 1.807) is 55.7 Å². The van der Waals surface area contributed by atoms with E-state index in [1.165, 1.54) is 34.0 Å². The van der Waals surface area contributed by atoms with Crippen LogP contribution < -0.4 is 15.4 Å². The first-order chi connectivity index (χ1) is 22.0. The zero-order chi connectivity index (χ0) is 31.2. The average molecular weight is 611 g/mol. The van der Waals surface area contributed by atoms with Crippen molar-refractivity contribution in [1.29, 1.82) is 0 Å². The summed E-state index contributed by atoms with van der Waals surface area (Å²) < 4.78 is 5.44. The van der Waals surface area contributed by atoms with E-state index in [9.17, 15) is 14.4 Å². The number of hydrogen-bond donors (Lipinski definition) is 2. The Morgan fingerprint density at radius 3 is 2.36 bits per heavy atom. The van der Waals surface area contributed by atoms with Gasteiger partial charge in [0.05, 0.1) is 12.9 Å². The van der Waals surface area contributed by atoms with E-state index in [0.717, 1.165) is 11.3 Å². The molecule has 1 aliphatic carbocycles. The van der Waals surface area contributed by atoms with Gasteiger partial charge in [-0.3, -0.25) is 14.4 Å². The van der Waals surface area contributed by atoms with Gasteiger partial charge in [0.1, 0.15) is 11.4 Å². The van der Waals surface area contributed by atoms with E-state index in [-0.39, 0.29) is 17.2 Å². The molecule has 7 heteroatoms. The molecule has 0 unspecified atom stereocenters. The Hall–Kier alpha value is -5.40. The molecule has 0 fully saturated rings. The Morgan fingerprint density at radius 2 is 1.51 bits per heavy atom. The summed E-state index contributed by atoms with van der Waals surface area (Å²) >= 11 is 1.41. The van der Waals surface area contributed by atoms with Gasteiger partial charge < -0.3 is 15.4 Å². The average Bonchev–Trinajstić information content (AvgIpc) is 3.45. The fourth-order valence-electron chi connectivity index (χ4n) is 5.30. The molecule has 0 aliphatic heterocycles. The first-order valence-electron chi connectivity index (χ1n) is 14.5. The van der Waals surface area contributed by atoms with Gasteiger partial charge in [-0.15, -0.1) is 11.8 Å². The molecule has 2 amide bonds. The smallest absolute Gasteiger partial charge is 0.272 e. The second kappa shape index (κ2) is 13.5. The molecule has 0 saturated heterocycles. The van der Waals surface area contributed by atoms with Crippen LogP contribution in [0.2, 0.25) is 0 Å². The standard InChI is InChI=1S/C38H30N2O4S/c1-44-36-17-8-6-13-28(36)22-34(40-37(42)25-10-3-2-4-11-25)38(43)39-30-14-9-15-31(23-30)45-24-35(41)27-18-19-33-29(21-27)20-26-12-5-7-16-32(26)33/h2-19,21-23H,20,24H2,1H3,(H,39,43)(H,40,42)/b34-22-. The van der Waals surface area contributed by atoms with Crippen LogP contribution in [0.25, 0.3) is 17.2 Å². The summed E-state index contributed by atoms with van der Waals surface area (Å²) in [6, 6.07) is 37.5. The molecule has 0 radical (unpaired) electrons. The van der Waals surface area contributed by atoms with Crippen LogP contribution in [0.1, 0.15) is 37.4 Å². The van der Waals surface area contributed by atoms with Gasteiger partial charge in [0, 0.05) is 27.3 Å². The number of para-hydroxylation sites is 1. The van der Waals surface area contributed by atoms with Crippen molar-refractivity contribution >= 4 is 41.1 Å². The lowest BCUT2D eigenvalue weighted by molar-refractivity contribution is -0.113. The van der Waals surface area contributed by atoms with Gasteiger partial charge in [-0.05, 0) is 77.2 Å². The van der Waals surface area contributed by atoms with Crippen LogP contribution in [0.3, 0.4) is 0 Å². The van der Waals surface area contributed by atoms with Crippen LogP contribution in [0.4, 0.5) is 5.69 Å². The van der Waals surface area contributed by atoms with Crippen molar-refractivity contribution in [3.8, 4) is 16.9 Å². The van der Waals surface area contributed by atoms with Crippen LogP contribution in [0.15, 0.2) is 132 Å². The van der Waals surface area contributed by atoms with E-state index >= 15 is 0 Å². The normalized spacial score (nSPS) is 11.7. The molecule has 6 nitrogen and oxygen atoms in total. The summed E-state index contributed by atoms with van der Waals surface area (Å²) in [7, 11) is 1.55. The molecule has 0 bridgehead atoms. The number of benzene rings is 5. The zero-order valence-electron chi connectivity index (χ0n) is 24.6. The van der Waals surface area contributed by atoms with Gasteiger partial charge in [-0.2, -0.15) is 0 Å². The van der Waals surface area contributed by atoms with Gasteiger partial charge in [0.2, 0.25) is 0 Å². The SMILES string of the molecule is COc1ccccc1/C=C(\NC(=O)c1ccccc1)C(=O)Nc1cccc(SCC(=O)c2ccc3c(c2)Cc2ccccc2-3)c1. The lowest BCUT2D eigenvalue weighted by atomic mass is 10.0. The van der Waals surface area contributed by atoms with Crippen molar-refractivity contribution < 1.29 is 19.1 Å². The molecule has 6 rings (SSSR count). The highest BCUT2D eigenvalue weighted by molar-refractivity contribution is 8.00.